The Hall–Kier alpha value is -1.62. The number of halogens is 2. The van der Waals surface area contributed by atoms with Gasteiger partial charge in [-0.25, -0.2) is 9.82 Å². The van der Waals surface area contributed by atoms with Crippen LogP contribution in [-0.4, -0.2) is 6.61 Å². The fourth-order valence-electron chi connectivity index (χ4n) is 2.73. The number of hydrogen-bond donors (Lipinski definition) is 2. The molecule has 0 radical (unpaired) electrons. The summed E-state index contributed by atoms with van der Waals surface area (Å²) in [5.74, 6) is 6.01. The Kier molecular flexibility index (Phi) is 4.10. The van der Waals surface area contributed by atoms with E-state index in [4.69, 9.17) is 22.2 Å². The summed E-state index contributed by atoms with van der Waals surface area (Å²) in [5, 5.41) is 0.0819. The molecule has 2 aromatic carbocycles. The van der Waals surface area contributed by atoms with E-state index in [1.54, 1.807) is 12.1 Å². The van der Waals surface area contributed by atoms with Crippen LogP contribution in [0.15, 0.2) is 36.4 Å². The predicted octanol–water partition coefficient (Wildman–Crippen LogP) is 3.36. The Labute approximate surface area is 127 Å². The van der Waals surface area contributed by atoms with E-state index in [1.807, 2.05) is 18.2 Å². The number of nitrogens with two attached hydrogens (primary N) is 1. The van der Waals surface area contributed by atoms with Crippen LogP contribution in [0.1, 0.15) is 29.2 Å². The summed E-state index contributed by atoms with van der Waals surface area (Å²) in [7, 11) is 0. The Morgan fingerprint density at radius 3 is 2.76 bits per heavy atom. The molecule has 1 aliphatic rings. The largest absolute Gasteiger partial charge is 0.493 e. The van der Waals surface area contributed by atoms with Crippen molar-refractivity contribution in [2.45, 2.75) is 18.9 Å². The highest BCUT2D eigenvalue weighted by atomic mass is 35.5. The first-order chi connectivity index (χ1) is 10.2. The molecule has 0 aromatic heterocycles. The molecule has 1 heterocycles. The molecule has 3 rings (SSSR count). The minimum atomic E-state index is -0.503. The highest BCUT2D eigenvalue weighted by molar-refractivity contribution is 6.30. The summed E-state index contributed by atoms with van der Waals surface area (Å²) < 4.78 is 20.1. The summed E-state index contributed by atoms with van der Waals surface area (Å²) in [6.45, 7) is 0.666. The first-order valence-corrected chi connectivity index (χ1v) is 7.25. The summed E-state index contributed by atoms with van der Waals surface area (Å²) in [6.07, 6.45) is 1.95. The standard InChI is InChI=1S/C16H16ClFN2O/c17-13-8-2-6-11(14(13)18)15(20-19)12-7-1-4-10-5-3-9-21-16(10)12/h1-2,4,6-8,15,20H,3,5,9,19H2. The zero-order valence-electron chi connectivity index (χ0n) is 11.4. The lowest BCUT2D eigenvalue weighted by Crippen LogP contribution is -2.30. The fraction of sp³-hybridized carbons (Fsp3) is 0.250. The van der Waals surface area contributed by atoms with Crippen LogP contribution < -0.4 is 16.0 Å². The monoisotopic (exact) mass is 306 g/mol. The van der Waals surface area contributed by atoms with Gasteiger partial charge in [-0.05, 0) is 24.5 Å². The van der Waals surface area contributed by atoms with Gasteiger partial charge in [0.05, 0.1) is 17.7 Å². The zero-order valence-corrected chi connectivity index (χ0v) is 12.2. The topological polar surface area (TPSA) is 47.3 Å². The summed E-state index contributed by atoms with van der Waals surface area (Å²) in [4.78, 5) is 0. The molecule has 5 heteroatoms. The molecule has 1 atom stereocenters. The van der Waals surface area contributed by atoms with Gasteiger partial charge in [0.15, 0.2) is 0 Å². The predicted molar refractivity (Wildman–Crippen MR) is 80.8 cm³/mol. The molecule has 0 fully saturated rings. The second-order valence-corrected chi connectivity index (χ2v) is 5.44. The first-order valence-electron chi connectivity index (χ1n) is 6.87. The number of ether oxygens (including phenoxy) is 1. The van der Waals surface area contributed by atoms with Crippen molar-refractivity contribution < 1.29 is 9.13 Å². The lowest BCUT2D eigenvalue weighted by Gasteiger charge is -2.25. The van der Waals surface area contributed by atoms with Gasteiger partial charge in [-0.3, -0.25) is 5.84 Å². The number of nitrogens with one attached hydrogen (secondary N) is 1. The molecule has 0 aliphatic carbocycles. The second-order valence-electron chi connectivity index (χ2n) is 5.03. The van der Waals surface area contributed by atoms with Gasteiger partial charge < -0.3 is 4.74 Å². The lowest BCUT2D eigenvalue weighted by molar-refractivity contribution is 0.283. The maximum absolute atomic E-state index is 14.3. The minimum absolute atomic E-state index is 0.0819. The van der Waals surface area contributed by atoms with Crippen molar-refractivity contribution in [1.82, 2.24) is 5.43 Å². The van der Waals surface area contributed by atoms with Crippen LogP contribution in [0.25, 0.3) is 0 Å². The highest BCUT2D eigenvalue weighted by Gasteiger charge is 2.24. The van der Waals surface area contributed by atoms with Gasteiger partial charge in [0.1, 0.15) is 11.6 Å². The third kappa shape index (κ3) is 2.62. The van der Waals surface area contributed by atoms with Crippen molar-refractivity contribution in [2.24, 2.45) is 5.84 Å². The Morgan fingerprint density at radius 2 is 1.95 bits per heavy atom. The first kappa shape index (κ1) is 14.3. The third-order valence-electron chi connectivity index (χ3n) is 3.73. The van der Waals surface area contributed by atoms with Crippen LogP contribution in [-0.2, 0) is 6.42 Å². The van der Waals surface area contributed by atoms with Gasteiger partial charge in [-0.1, -0.05) is 41.9 Å². The molecule has 0 amide bonds. The third-order valence-corrected chi connectivity index (χ3v) is 4.03. The molecule has 110 valence electrons. The second kappa shape index (κ2) is 6.02. The Balaban J connectivity index is 2.11. The number of fused-ring (bicyclic) bond motifs is 1. The van der Waals surface area contributed by atoms with Gasteiger partial charge in [-0.15, -0.1) is 0 Å². The van der Waals surface area contributed by atoms with Crippen molar-refractivity contribution in [3.05, 3.63) is 63.9 Å². The van der Waals surface area contributed by atoms with Crippen molar-refractivity contribution in [3.63, 3.8) is 0 Å². The van der Waals surface area contributed by atoms with Crippen molar-refractivity contribution in [3.8, 4) is 5.75 Å². The van der Waals surface area contributed by atoms with Crippen LogP contribution in [0.3, 0.4) is 0 Å². The number of para-hydroxylation sites is 1. The summed E-state index contributed by atoms with van der Waals surface area (Å²) in [6, 6.07) is 10.3. The molecule has 1 unspecified atom stereocenters. The minimum Gasteiger partial charge on any atom is -0.493 e. The SMILES string of the molecule is NNC(c1cccc(Cl)c1F)c1cccc2c1OCCC2. The normalized spacial score (nSPS) is 15.2. The molecule has 3 N–H and O–H groups in total. The van der Waals surface area contributed by atoms with E-state index in [2.05, 4.69) is 5.43 Å². The number of hydrazine groups is 1. The van der Waals surface area contributed by atoms with Crippen LogP contribution in [0, 0.1) is 5.82 Å². The Morgan fingerprint density at radius 1 is 1.19 bits per heavy atom. The molecule has 3 nitrogen and oxygen atoms in total. The lowest BCUT2D eigenvalue weighted by atomic mass is 9.94. The van der Waals surface area contributed by atoms with E-state index in [-0.39, 0.29) is 5.02 Å². The highest BCUT2D eigenvalue weighted by Crippen LogP contribution is 2.36. The molecule has 0 saturated carbocycles. The van der Waals surface area contributed by atoms with Crippen molar-refractivity contribution in [2.75, 3.05) is 6.61 Å². The number of hydrogen-bond acceptors (Lipinski definition) is 3. The molecule has 2 aromatic rings. The molecule has 21 heavy (non-hydrogen) atoms. The number of benzene rings is 2. The molecule has 1 aliphatic heterocycles. The van der Waals surface area contributed by atoms with E-state index in [0.717, 1.165) is 29.7 Å². The summed E-state index contributed by atoms with van der Waals surface area (Å²) >= 11 is 5.87. The fourth-order valence-corrected chi connectivity index (χ4v) is 2.91. The smallest absolute Gasteiger partial charge is 0.146 e. The van der Waals surface area contributed by atoms with Crippen molar-refractivity contribution >= 4 is 11.6 Å². The van der Waals surface area contributed by atoms with E-state index >= 15 is 0 Å². The van der Waals surface area contributed by atoms with Gasteiger partial charge in [0, 0.05) is 11.1 Å². The molecule has 0 saturated heterocycles. The van der Waals surface area contributed by atoms with E-state index in [9.17, 15) is 4.39 Å². The average Bonchev–Trinajstić information content (AvgIpc) is 2.52. The maximum Gasteiger partial charge on any atom is 0.146 e. The van der Waals surface area contributed by atoms with Crippen LogP contribution in [0.5, 0.6) is 5.75 Å². The Bertz CT molecular complexity index is 663. The maximum atomic E-state index is 14.3. The zero-order chi connectivity index (χ0) is 14.8. The molecule has 0 spiro atoms. The molecular weight excluding hydrogens is 291 g/mol. The summed E-state index contributed by atoms with van der Waals surface area (Å²) in [5.41, 5.74) is 5.04. The van der Waals surface area contributed by atoms with Crippen molar-refractivity contribution in [1.29, 1.82) is 0 Å². The van der Waals surface area contributed by atoms with Gasteiger partial charge in [0.2, 0.25) is 0 Å². The van der Waals surface area contributed by atoms with Gasteiger partial charge in [-0.2, -0.15) is 0 Å². The number of aryl methyl sites for hydroxylation is 1. The average molecular weight is 307 g/mol. The van der Waals surface area contributed by atoms with E-state index in [0.29, 0.717) is 12.2 Å². The van der Waals surface area contributed by atoms with Crippen LogP contribution in [0.2, 0.25) is 5.02 Å². The van der Waals surface area contributed by atoms with Crippen LogP contribution >= 0.6 is 11.6 Å². The molecule has 0 bridgehead atoms. The van der Waals surface area contributed by atoms with E-state index < -0.39 is 11.9 Å². The van der Waals surface area contributed by atoms with Gasteiger partial charge >= 0.3 is 0 Å². The van der Waals surface area contributed by atoms with Gasteiger partial charge in [0.25, 0.3) is 0 Å². The quantitative estimate of drug-likeness (QED) is 0.675. The molecular formula is C16H16ClFN2O. The van der Waals surface area contributed by atoms with Crippen LogP contribution in [0.4, 0.5) is 4.39 Å². The number of rotatable bonds is 3. The van der Waals surface area contributed by atoms with E-state index in [1.165, 1.54) is 6.07 Å².